The van der Waals surface area contributed by atoms with E-state index in [2.05, 4.69) is 41.5 Å². The number of pyridine rings is 1. The SMILES string of the molecule is Cc1cc(NC(C)CCc2ccco2)c2ccccc2n1. The lowest BCUT2D eigenvalue weighted by Gasteiger charge is -2.17. The van der Waals surface area contributed by atoms with Crippen LogP contribution in [0.4, 0.5) is 5.69 Å². The van der Waals surface area contributed by atoms with Crippen LogP contribution in [-0.4, -0.2) is 11.0 Å². The largest absolute Gasteiger partial charge is 0.469 e. The Bertz CT molecular complexity index is 719. The minimum Gasteiger partial charge on any atom is -0.469 e. The van der Waals surface area contributed by atoms with Crippen LogP contribution >= 0.6 is 0 Å². The molecule has 3 rings (SSSR count). The van der Waals surface area contributed by atoms with Crippen molar-refractivity contribution in [3.05, 3.63) is 60.2 Å². The number of nitrogens with zero attached hydrogens (tertiary/aromatic N) is 1. The first kappa shape index (κ1) is 13.7. The number of hydrogen-bond acceptors (Lipinski definition) is 3. The van der Waals surface area contributed by atoms with E-state index in [9.17, 15) is 0 Å². The van der Waals surface area contributed by atoms with Crippen molar-refractivity contribution in [1.82, 2.24) is 4.98 Å². The molecule has 0 radical (unpaired) electrons. The molecule has 0 aliphatic carbocycles. The van der Waals surface area contributed by atoms with Gasteiger partial charge >= 0.3 is 0 Å². The molecule has 3 nitrogen and oxygen atoms in total. The maximum absolute atomic E-state index is 5.39. The predicted molar refractivity (Wildman–Crippen MR) is 86.6 cm³/mol. The summed E-state index contributed by atoms with van der Waals surface area (Å²) in [6, 6.07) is 14.7. The molecule has 0 aliphatic heterocycles. The fourth-order valence-corrected chi connectivity index (χ4v) is 2.58. The van der Waals surface area contributed by atoms with Crippen LogP contribution in [-0.2, 0) is 6.42 Å². The zero-order valence-electron chi connectivity index (χ0n) is 12.5. The maximum atomic E-state index is 5.39. The first-order valence-electron chi connectivity index (χ1n) is 7.37. The Kier molecular flexibility index (Phi) is 3.91. The number of nitrogens with one attached hydrogen (secondary N) is 1. The molecule has 0 aliphatic rings. The summed E-state index contributed by atoms with van der Waals surface area (Å²) < 4.78 is 5.39. The summed E-state index contributed by atoms with van der Waals surface area (Å²) in [5, 5.41) is 4.78. The lowest BCUT2D eigenvalue weighted by Crippen LogP contribution is -2.16. The molecule has 21 heavy (non-hydrogen) atoms. The van der Waals surface area contributed by atoms with Crippen LogP contribution in [0.2, 0.25) is 0 Å². The van der Waals surface area contributed by atoms with Crippen LogP contribution in [0.1, 0.15) is 24.8 Å². The van der Waals surface area contributed by atoms with Gasteiger partial charge in [-0.3, -0.25) is 4.98 Å². The summed E-state index contributed by atoms with van der Waals surface area (Å²) in [6.07, 6.45) is 3.71. The lowest BCUT2D eigenvalue weighted by molar-refractivity contribution is 0.495. The molecular formula is C18H20N2O. The highest BCUT2D eigenvalue weighted by molar-refractivity contribution is 5.91. The second kappa shape index (κ2) is 6.00. The number of fused-ring (bicyclic) bond motifs is 1. The summed E-state index contributed by atoms with van der Waals surface area (Å²) >= 11 is 0. The first-order chi connectivity index (χ1) is 10.2. The van der Waals surface area contributed by atoms with Crippen molar-refractivity contribution in [3.8, 4) is 0 Å². The van der Waals surface area contributed by atoms with Gasteiger partial charge in [0.2, 0.25) is 0 Å². The molecule has 0 fully saturated rings. The second-order valence-electron chi connectivity index (χ2n) is 5.49. The van der Waals surface area contributed by atoms with Crippen molar-refractivity contribution in [3.63, 3.8) is 0 Å². The van der Waals surface area contributed by atoms with E-state index in [4.69, 9.17) is 4.42 Å². The molecule has 0 saturated heterocycles. The third-order valence-corrected chi connectivity index (χ3v) is 3.65. The van der Waals surface area contributed by atoms with Crippen molar-refractivity contribution < 1.29 is 4.42 Å². The highest BCUT2D eigenvalue weighted by Gasteiger charge is 2.08. The lowest BCUT2D eigenvalue weighted by atomic mass is 10.1. The number of rotatable bonds is 5. The number of furan rings is 1. The highest BCUT2D eigenvalue weighted by atomic mass is 16.3. The third kappa shape index (κ3) is 3.24. The van der Waals surface area contributed by atoms with Crippen molar-refractivity contribution in [2.75, 3.05) is 5.32 Å². The van der Waals surface area contributed by atoms with E-state index in [1.807, 2.05) is 25.1 Å². The Morgan fingerprint density at radius 3 is 2.86 bits per heavy atom. The van der Waals surface area contributed by atoms with Gasteiger partial charge in [-0.15, -0.1) is 0 Å². The van der Waals surface area contributed by atoms with E-state index in [1.165, 1.54) is 5.39 Å². The Morgan fingerprint density at radius 1 is 1.19 bits per heavy atom. The summed E-state index contributed by atoms with van der Waals surface area (Å²) in [4.78, 5) is 4.58. The Balaban J connectivity index is 1.74. The molecule has 1 atom stereocenters. The Labute approximate surface area is 125 Å². The third-order valence-electron chi connectivity index (χ3n) is 3.65. The summed E-state index contributed by atoms with van der Waals surface area (Å²) in [5.41, 5.74) is 3.23. The molecule has 1 aromatic carbocycles. The first-order valence-corrected chi connectivity index (χ1v) is 7.37. The summed E-state index contributed by atoms with van der Waals surface area (Å²) in [6.45, 7) is 4.23. The van der Waals surface area contributed by atoms with E-state index in [0.29, 0.717) is 6.04 Å². The second-order valence-corrected chi connectivity index (χ2v) is 5.49. The fraction of sp³-hybridized carbons (Fsp3) is 0.278. The average molecular weight is 280 g/mol. The molecule has 0 bridgehead atoms. The van der Waals surface area contributed by atoms with Gasteiger partial charge in [0.25, 0.3) is 0 Å². The number of para-hydroxylation sites is 1. The number of aryl methyl sites for hydroxylation is 2. The van der Waals surface area contributed by atoms with Crippen LogP contribution < -0.4 is 5.32 Å². The van der Waals surface area contributed by atoms with Gasteiger partial charge < -0.3 is 9.73 Å². The number of aromatic nitrogens is 1. The standard InChI is InChI=1S/C18H20N2O/c1-13(9-10-15-6-5-11-21-15)19-18-12-14(2)20-17-8-4-3-7-16(17)18/h3-8,11-13H,9-10H2,1-2H3,(H,19,20). The molecule has 3 aromatic rings. The molecular weight excluding hydrogens is 260 g/mol. The number of benzene rings is 1. The van der Waals surface area contributed by atoms with Gasteiger partial charge in [0.1, 0.15) is 5.76 Å². The van der Waals surface area contributed by atoms with Crippen LogP contribution in [0.15, 0.2) is 53.1 Å². The Hall–Kier alpha value is -2.29. The quantitative estimate of drug-likeness (QED) is 0.744. The molecule has 1 unspecified atom stereocenters. The zero-order valence-corrected chi connectivity index (χ0v) is 12.5. The monoisotopic (exact) mass is 280 g/mol. The smallest absolute Gasteiger partial charge is 0.103 e. The Morgan fingerprint density at radius 2 is 2.05 bits per heavy atom. The van der Waals surface area contributed by atoms with Crippen molar-refractivity contribution in [1.29, 1.82) is 0 Å². The molecule has 3 heteroatoms. The fourth-order valence-electron chi connectivity index (χ4n) is 2.58. The van der Waals surface area contributed by atoms with Gasteiger partial charge in [0.15, 0.2) is 0 Å². The van der Waals surface area contributed by atoms with Crippen LogP contribution in [0.25, 0.3) is 10.9 Å². The highest BCUT2D eigenvalue weighted by Crippen LogP contribution is 2.24. The molecule has 2 heterocycles. The minimum absolute atomic E-state index is 0.375. The van der Waals surface area contributed by atoms with Crippen LogP contribution in [0.3, 0.4) is 0 Å². The summed E-state index contributed by atoms with van der Waals surface area (Å²) in [7, 11) is 0. The van der Waals surface area contributed by atoms with E-state index in [0.717, 1.165) is 35.5 Å². The molecule has 0 spiro atoms. The van der Waals surface area contributed by atoms with Gasteiger partial charge in [-0.05, 0) is 44.5 Å². The van der Waals surface area contributed by atoms with Crippen LogP contribution in [0, 0.1) is 6.92 Å². The predicted octanol–water partition coefficient (Wildman–Crippen LogP) is 4.57. The van der Waals surface area contributed by atoms with Crippen molar-refractivity contribution in [2.24, 2.45) is 0 Å². The molecule has 0 saturated carbocycles. The summed E-state index contributed by atoms with van der Waals surface area (Å²) in [5.74, 6) is 1.04. The topological polar surface area (TPSA) is 38.1 Å². The van der Waals surface area contributed by atoms with Gasteiger partial charge in [-0.1, -0.05) is 18.2 Å². The van der Waals surface area contributed by atoms with Gasteiger partial charge in [0, 0.05) is 29.2 Å². The zero-order chi connectivity index (χ0) is 14.7. The normalized spacial score (nSPS) is 12.5. The van der Waals surface area contributed by atoms with Crippen LogP contribution in [0.5, 0.6) is 0 Å². The van der Waals surface area contributed by atoms with Crippen molar-refractivity contribution >= 4 is 16.6 Å². The number of anilines is 1. The van der Waals surface area contributed by atoms with Gasteiger partial charge in [-0.2, -0.15) is 0 Å². The van der Waals surface area contributed by atoms with E-state index >= 15 is 0 Å². The average Bonchev–Trinajstić information content (AvgIpc) is 2.98. The van der Waals surface area contributed by atoms with E-state index in [-0.39, 0.29) is 0 Å². The van der Waals surface area contributed by atoms with E-state index < -0.39 is 0 Å². The number of hydrogen-bond donors (Lipinski definition) is 1. The minimum atomic E-state index is 0.375. The van der Waals surface area contributed by atoms with Crippen molar-refractivity contribution in [2.45, 2.75) is 32.7 Å². The maximum Gasteiger partial charge on any atom is 0.103 e. The van der Waals surface area contributed by atoms with E-state index in [1.54, 1.807) is 6.26 Å². The van der Waals surface area contributed by atoms with Gasteiger partial charge in [-0.25, -0.2) is 0 Å². The molecule has 2 aromatic heterocycles. The molecule has 0 amide bonds. The van der Waals surface area contributed by atoms with Gasteiger partial charge in [0.05, 0.1) is 11.8 Å². The molecule has 108 valence electrons. The molecule has 1 N–H and O–H groups in total.